The van der Waals surface area contributed by atoms with Crippen LogP contribution in [0.15, 0.2) is 24.3 Å². The summed E-state index contributed by atoms with van der Waals surface area (Å²) in [5, 5.41) is 0. The number of carbonyl (C=O) groups is 1. The summed E-state index contributed by atoms with van der Waals surface area (Å²) in [4.78, 5) is 11.3. The molecule has 1 nitrogen and oxygen atoms in total. The molecule has 0 aliphatic carbocycles. The van der Waals surface area contributed by atoms with Crippen LogP contribution >= 0.6 is 0 Å². The second kappa shape index (κ2) is 6.41. The zero-order valence-electron chi connectivity index (χ0n) is 10.0. The number of rotatable bonds is 6. The van der Waals surface area contributed by atoms with Gasteiger partial charge in [-0.3, -0.25) is 4.79 Å². The molecule has 0 bridgehead atoms. The molecule has 2 heteroatoms. The Balaban J connectivity index is 2.60. The van der Waals surface area contributed by atoms with Crippen LogP contribution in [0, 0.1) is 5.82 Å². The fraction of sp³-hybridized carbons (Fsp3) is 0.500. The van der Waals surface area contributed by atoms with Crippen LogP contribution in [0.3, 0.4) is 0 Å². The molecule has 0 aliphatic rings. The number of ketones is 1. The molecule has 1 unspecified atom stereocenters. The molecule has 88 valence electrons. The molecule has 1 aromatic carbocycles. The van der Waals surface area contributed by atoms with E-state index in [1.807, 2.05) is 19.1 Å². The van der Waals surface area contributed by atoms with Crippen molar-refractivity contribution in [3.05, 3.63) is 35.6 Å². The average molecular weight is 222 g/mol. The maximum Gasteiger partial charge on any atom is 0.132 e. The van der Waals surface area contributed by atoms with E-state index in [2.05, 4.69) is 6.92 Å². The van der Waals surface area contributed by atoms with Gasteiger partial charge in [0.15, 0.2) is 0 Å². The Kier molecular flexibility index (Phi) is 5.17. The van der Waals surface area contributed by atoms with Crippen LogP contribution in [0.4, 0.5) is 4.39 Å². The van der Waals surface area contributed by atoms with Crippen LogP contribution < -0.4 is 0 Å². The Labute approximate surface area is 96.7 Å². The SMILES string of the molecule is CCC(=O)CCC(CC)c1ccc(F)cc1. The lowest BCUT2D eigenvalue weighted by Gasteiger charge is -2.14. The molecule has 0 heterocycles. The molecule has 1 aromatic rings. The molecular weight excluding hydrogens is 203 g/mol. The summed E-state index contributed by atoms with van der Waals surface area (Å²) in [5.41, 5.74) is 1.13. The number of hydrogen-bond acceptors (Lipinski definition) is 1. The second-order valence-electron chi connectivity index (χ2n) is 4.09. The van der Waals surface area contributed by atoms with E-state index in [0.717, 1.165) is 18.4 Å². The van der Waals surface area contributed by atoms with Crippen molar-refractivity contribution < 1.29 is 9.18 Å². The lowest BCUT2D eigenvalue weighted by molar-refractivity contribution is -0.118. The Hall–Kier alpha value is -1.18. The maximum atomic E-state index is 12.8. The Morgan fingerprint density at radius 1 is 1.25 bits per heavy atom. The number of carbonyl (C=O) groups excluding carboxylic acids is 1. The first-order chi connectivity index (χ1) is 7.67. The van der Waals surface area contributed by atoms with E-state index >= 15 is 0 Å². The third-order valence-corrected chi connectivity index (χ3v) is 3.00. The second-order valence-corrected chi connectivity index (χ2v) is 4.09. The maximum absolute atomic E-state index is 12.8. The van der Waals surface area contributed by atoms with Crippen molar-refractivity contribution in [2.45, 2.75) is 45.4 Å². The lowest BCUT2D eigenvalue weighted by Crippen LogP contribution is -2.02. The van der Waals surface area contributed by atoms with Crippen molar-refractivity contribution in [2.24, 2.45) is 0 Å². The third kappa shape index (κ3) is 3.76. The van der Waals surface area contributed by atoms with Crippen molar-refractivity contribution in [1.29, 1.82) is 0 Å². The van der Waals surface area contributed by atoms with Crippen molar-refractivity contribution in [3.63, 3.8) is 0 Å². The highest BCUT2D eigenvalue weighted by Crippen LogP contribution is 2.25. The molecule has 0 fully saturated rings. The first-order valence-corrected chi connectivity index (χ1v) is 5.94. The molecule has 0 amide bonds. The minimum absolute atomic E-state index is 0.205. The summed E-state index contributed by atoms with van der Waals surface area (Å²) in [6, 6.07) is 6.61. The minimum atomic E-state index is -0.205. The smallest absolute Gasteiger partial charge is 0.132 e. The predicted molar refractivity (Wildman–Crippen MR) is 64.0 cm³/mol. The van der Waals surface area contributed by atoms with Crippen LogP contribution in [0.25, 0.3) is 0 Å². The molecule has 0 radical (unpaired) electrons. The Morgan fingerprint density at radius 3 is 2.38 bits per heavy atom. The van der Waals surface area contributed by atoms with Gasteiger partial charge in [-0.15, -0.1) is 0 Å². The van der Waals surface area contributed by atoms with Crippen LogP contribution in [0.2, 0.25) is 0 Å². The predicted octanol–water partition coefficient (Wildman–Crippen LogP) is 4.08. The van der Waals surface area contributed by atoms with Gasteiger partial charge in [-0.1, -0.05) is 26.0 Å². The van der Waals surface area contributed by atoms with Gasteiger partial charge in [0.25, 0.3) is 0 Å². The summed E-state index contributed by atoms with van der Waals surface area (Å²) in [5.74, 6) is 0.472. The fourth-order valence-electron chi connectivity index (χ4n) is 1.85. The normalized spacial score (nSPS) is 12.4. The van der Waals surface area contributed by atoms with Gasteiger partial charge in [0.1, 0.15) is 11.6 Å². The van der Waals surface area contributed by atoms with Crippen molar-refractivity contribution >= 4 is 5.78 Å². The highest BCUT2D eigenvalue weighted by molar-refractivity contribution is 5.78. The standard InChI is InChI=1S/C14H19FO/c1-3-11(7-10-14(16)4-2)12-5-8-13(15)9-6-12/h5-6,8-9,11H,3-4,7,10H2,1-2H3. The van der Waals surface area contributed by atoms with Gasteiger partial charge in [0, 0.05) is 12.8 Å². The van der Waals surface area contributed by atoms with E-state index in [4.69, 9.17) is 0 Å². The highest BCUT2D eigenvalue weighted by Gasteiger charge is 2.11. The van der Waals surface area contributed by atoms with Gasteiger partial charge in [-0.05, 0) is 36.5 Å². The zero-order valence-corrected chi connectivity index (χ0v) is 10.0. The molecule has 0 N–H and O–H groups in total. The molecule has 0 saturated carbocycles. The first-order valence-electron chi connectivity index (χ1n) is 5.94. The van der Waals surface area contributed by atoms with Crippen LogP contribution in [0.1, 0.15) is 51.0 Å². The molecule has 1 atom stereocenters. The Morgan fingerprint density at radius 2 is 1.88 bits per heavy atom. The van der Waals surface area contributed by atoms with Crippen LogP contribution in [0.5, 0.6) is 0 Å². The first kappa shape index (κ1) is 12.9. The van der Waals surface area contributed by atoms with E-state index in [-0.39, 0.29) is 5.82 Å². The van der Waals surface area contributed by atoms with E-state index in [9.17, 15) is 9.18 Å². The molecule has 0 aromatic heterocycles. The molecule has 16 heavy (non-hydrogen) atoms. The van der Waals surface area contributed by atoms with Gasteiger partial charge in [0.05, 0.1) is 0 Å². The molecule has 0 saturated heterocycles. The van der Waals surface area contributed by atoms with Crippen molar-refractivity contribution in [1.82, 2.24) is 0 Å². The van der Waals surface area contributed by atoms with Gasteiger partial charge in [0.2, 0.25) is 0 Å². The van der Waals surface area contributed by atoms with E-state index < -0.39 is 0 Å². The molecule has 0 spiro atoms. The summed E-state index contributed by atoms with van der Waals surface area (Å²) >= 11 is 0. The minimum Gasteiger partial charge on any atom is -0.300 e. The summed E-state index contributed by atoms with van der Waals surface area (Å²) in [7, 11) is 0. The van der Waals surface area contributed by atoms with Gasteiger partial charge in [-0.2, -0.15) is 0 Å². The summed E-state index contributed by atoms with van der Waals surface area (Å²) < 4.78 is 12.8. The number of benzene rings is 1. The van der Waals surface area contributed by atoms with Crippen LogP contribution in [-0.4, -0.2) is 5.78 Å². The van der Waals surface area contributed by atoms with E-state index in [0.29, 0.717) is 24.5 Å². The molecular formula is C14H19FO. The largest absolute Gasteiger partial charge is 0.300 e. The van der Waals surface area contributed by atoms with Gasteiger partial charge in [-0.25, -0.2) is 4.39 Å². The average Bonchev–Trinajstić information content (AvgIpc) is 2.31. The summed E-state index contributed by atoms with van der Waals surface area (Å²) in [6.07, 6.45) is 3.10. The van der Waals surface area contributed by atoms with E-state index in [1.54, 1.807) is 0 Å². The summed E-state index contributed by atoms with van der Waals surface area (Å²) in [6.45, 7) is 3.99. The molecule has 1 rings (SSSR count). The van der Waals surface area contributed by atoms with Crippen LogP contribution in [-0.2, 0) is 4.79 Å². The number of Topliss-reactive ketones (excluding diaryl/α,β-unsaturated/α-hetero) is 1. The van der Waals surface area contributed by atoms with Gasteiger partial charge >= 0.3 is 0 Å². The monoisotopic (exact) mass is 222 g/mol. The van der Waals surface area contributed by atoms with Crippen molar-refractivity contribution in [3.8, 4) is 0 Å². The van der Waals surface area contributed by atoms with E-state index in [1.165, 1.54) is 12.1 Å². The zero-order chi connectivity index (χ0) is 12.0. The van der Waals surface area contributed by atoms with Crippen molar-refractivity contribution in [2.75, 3.05) is 0 Å². The molecule has 0 aliphatic heterocycles. The van der Waals surface area contributed by atoms with Gasteiger partial charge < -0.3 is 0 Å². The highest BCUT2D eigenvalue weighted by atomic mass is 19.1. The third-order valence-electron chi connectivity index (χ3n) is 3.00. The lowest BCUT2D eigenvalue weighted by atomic mass is 9.91. The number of hydrogen-bond donors (Lipinski definition) is 0. The fourth-order valence-corrected chi connectivity index (χ4v) is 1.85. The quantitative estimate of drug-likeness (QED) is 0.708. The number of halogens is 1. The Bertz CT molecular complexity index is 329. The topological polar surface area (TPSA) is 17.1 Å².